The third kappa shape index (κ3) is 3.92. The summed E-state index contributed by atoms with van der Waals surface area (Å²) in [6.07, 6.45) is 2.77. The molecule has 3 aromatic rings. The van der Waals surface area contributed by atoms with Crippen LogP contribution in [0, 0.1) is 0 Å². The van der Waals surface area contributed by atoms with Gasteiger partial charge in [-0.15, -0.1) is 0 Å². The molecule has 4 rings (SSSR count). The fourth-order valence-electron chi connectivity index (χ4n) is 2.96. The van der Waals surface area contributed by atoms with E-state index in [2.05, 4.69) is 20.3 Å². The molecule has 3 heterocycles. The first-order chi connectivity index (χ1) is 14.4. The van der Waals surface area contributed by atoms with Gasteiger partial charge in [0.2, 0.25) is 5.82 Å². The van der Waals surface area contributed by atoms with Crippen LogP contribution in [0.3, 0.4) is 0 Å². The van der Waals surface area contributed by atoms with Crippen molar-refractivity contribution in [2.75, 3.05) is 18.6 Å². The van der Waals surface area contributed by atoms with E-state index in [1.807, 2.05) is 30.3 Å². The largest absolute Gasteiger partial charge is 0.487 e. The maximum absolute atomic E-state index is 12.8. The molecule has 152 valence electrons. The van der Waals surface area contributed by atoms with E-state index >= 15 is 0 Å². The molecule has 0 spiro atoms. The molecule has 1 aliphatic heterocycles. The smallest absolute Gasteiger partial charge is 0.289 e. The first kappa shape index (κ1) is 20.1. The molecule has 1 N–H and O–H groups in total. The zero-order valence-electron chi connectivity index (χ0n) is 15.7. The Morgan fingerprint density at radius 3 is 2.73 bits per heavy atom. The quantitative estimate of drug-likeness (QED) is 0.667. The van der Waals surface area contributed by atoms with Gasteiger partial charge in [0.25, 0.3) is 11.8 Å². The Labute approximate surface area is 181 Å². The SMILES string of the molecule is CN1C(=O)C(NC(=O)c2ncc(Cl)c(-c3ccccc3)n2)COc2cc(Cl)cnc21. The van der Waals surface area contributed by atoms with Crippen molar-refractivity contribution >= 4 is 40.8 Å². The van der Waals surface area contributed by atoms with Crippen LogP contribution in [-0.2, 0) is 4.79 Å². The maximum atomic E-state index is 12.8. The molecule has 1 aromatic carbocycles. The van der Waals surface area contributed by atoms with E-state index in [1.165, 1.54) is 17.3 Å². The molecular weight excluding hydrogens is 429 g/mol. The Morgan fingerprint density at radius 1 is 1.20 bits per heavy atom. The highest BCUT2D eigenvalue weighted by atomic mass is 35.5. The summed E-state index contributed by atoms with van der Waals surface area (Å²) >= 11 is 12.2. The number of likely N-dealkylation sites (N-methyl/N-ethyl adjacent to an activating group) is 1. The van der Waals surface area contributed by atoms with Crippen LogP contribution >= 0.6 is 23.2 Å². The number of hydrogen-bond acceptors (Lipinski definition) is 6. The predicted octanol–water partition coefficient (Wildman–Crippen LogP) is 3.00. The van der Waals surface area contributed by atoms with Crippen molar-refractivity contribution in [1.82, 2.24) is 20.3 Å². The summed E-state index contributed by atoms with van der Waals surface area (Å²) in [4.78, 5) is 39.3. The highest BCUT2D eigenvalue weighted by molar-refractivity contribution is 6.33. The van der Waals surface area contributed by atoms with Crippen LogP contribution < -0.4 is 15.0 Å². The van der Waals surface area contributed by atoms with Gasteiger partial charge in [0, 0.05) is 24.9 Å². The summed E-state index contributed by atoms with van der Waals surface area (Å²) in [5.41, 5.74) is 1.16. The number of carbonyl (C=O) groups is 2. The van der Waals surface area contributed by atoms with Gasteiger partial charge in [-0.2, -0.15) is 0 Å². The van der Waals surface area contributed by atoms with E-state index in [9.17, 15) is 9.59 Å². The number of pyridine rings is 1. The van der Waals surface area contributed by atoms with Gasteiger partial charge < -0.3 is 10.1 Å². The fourth-order valence-corrected chi connectivity index (χ4v) is 3.30. The molecule has 0 saturated carbocycles. The van der Waals surface area contributed by atoms with Crippen molar-refractivity contribution in [3.63, 3.8) is 0 Å². The first-order valence-corrected chi connectivity index (χ1v) is 9.64. The third-order valence-electron chi connectivity index (χ3n) is 4.45. The van der Waals surface area contributed by atoms with E-state index < -0.39 is 17.9 Å². The molecule has 8 nitrogen and oxygen atoms in total. The second kappa shape index (κ2) is 8.25. The lowest BCUT2D eigenvalue weighted by Crippen LogP contribution is -2.49. The predicted molar refractivity (Wildman–Crippen MR) is 112 cm³/mol. The second-order valence-electron chi connectivity index (χ2n) is 6.47. The summed E-state index contributed by atoms with van der Waals surface area (Å²) in [7, 11) is 1.54. The fraction of sp³-hybridized carbons (Fsp3) is 0.150. The van der Waals surface area contributed by atoms with E-state index in [0.29, 0.717) is 27.3 Å². The number of hydrogen-bond donors (Lipinski definition) is 1. The second-order valence-corrected chi connectivity index (χ2v) is 7.31. The van der Waals surface area contributed by atoms with Gasteiger partial charge in [0.1, 0.15) is 12.6 Å². The summed E-state index contributed by atoms with van der Waals surface area (Å²) < 4.78 is 5.65. The lowest BCUT2D eigenvalue weighted by atomic mass is 10.1. The van der Waals surface area contributed by atoms with Crippen molar-refractivity contribution in [2.24, 2.45) is 0 Å². The zero-order valence-corrected chi connectivity index (χ0v) is 17.2. The molecular formula is C20H15Cl2N5O3. The van der Waals surface area contributed by atoms with Gasteiger partial charge in [-0.1, -0.05) is 53.5 Å². The number of fused-ring (bicyclic) bond motifs is 1. The lowest BCUT2D eigenvalue weighted by molar-refractivity contribution is -0.120. The van der Waals surface area contributed by atoms with Gasteiger partial charge in [-0.25, -0.2) is 15.0 Å². The number of nitrogens with one attached hydrogen (secondary N) is 1. The average molecular weight is 444 g/mol. The first-order valence-electron chi connectivity index (χ1n) is 8.89. The number of benzene rings is 1. The molecule has 0 bridgehead atoms. The molecule has 0 aliphatic carbocycles. The summed E-state index contributed by atoms with van der Waals surface area (Å²) in [6.45, 7) is -0.0942. The maximum Gasteiger partial charge on any atom is 0.289 e. The number of halogens is 2. The van der Waals surface area contributed by atoms with Crippen LogP contribution in [0.25, 0.3) is 11.3 Å². The Bertz CT molecular complexity index is 1130. The van der Waals surface area contributed by atoms with Gasteiger partial charge in [-0.3, -0.25) is 14.5 Å². The summed E-state index contributed by atoms with van der Waals surface area (Å²) in [5, 5.41) is 3.30. The van der Waals surface area contributed by atoms with Crippen molar-refractivity contribution in [2.45, 2.75) is 6.04 Å². The molecule has 30 heavy (non-hydrogen) atoms. The molecule has 0 radical (unpaired) electrons. The van der Waals surface area contributed by atoms with Crippen LogP contribution in [0.4, 0.5) is 5.82 Å². The molecule has 2 aromatic heterocycles. The molecule has 0 fully saturated rings. The Kier molecular flexibility index (Phi) is 5.52. The summed E-state index contributed by atoms with van der Waals surface area (Å²) in [5.74, 6) is -0.471. The van der Waals surface area contributed by atoms with Crippen molar-refractivity contribution in [3.05, 3.63) is 64.7 Å². The van der Waals surface area contributed by atoms with Crippen molar-refractivity contribution in [1.29, 1.82) is 0 Å². The highest BCUT2D eigenvalue weighted by Gasteiger charge is 2.32. The van der Waals surface area contributed by atoms with Gasteiger partial charge in [0.15, 0.2) is 11.6 Å². The number of nitrogens with zero attached hydrogens (tertiary/aromatic N) is 4. The van der Waals surface area contributed by atoms with Crippen LogP contribution in [0.15, 0.2) is 48.8 Å². The molecule has 2 amide bonds. The lowest BCUT2D eigenvalue weighted by Gasteiger charge is -2.19. The van der Waals surface area contributed by atoms with Crippen molar-refractivity contribution in [3.8, 4) is 17.0 Å². The van der Waals surface area contributed by atoms with Crippen LogP contribution in [0.2, 0.25) is 10.0 Å². The number of amides is 2. The van der Waals surface area contributed by atoms with Gasteiger partial charge in [-0.05, 0) is 0 Å². The van der Waals surface area contributed by atoms with Crippen molar-refractivity contribution < 1.29 is 14.3 Å². The highest BCUT2D eigenvalue weighted by Crippen LogP contribution is 2.30. The number of aromatic nitrogens is 3. The average Bonchev–Trinajstić information content (AvgIpc) is 2.86. The number of ether oxygens (including phenoxy) is 1. The molecule has 1 atom stereocenters. The Morgan fingerprint density at radius 2 is 1.97 bits per heavy atom. The minimum atomic E-state index is -0.963. The zero-order chi connectivity index (χ0) is 21.3. The van der Waals surface area contributed by atoms with E-state index in [-0.39, 0.29) is 12.4 Å². The molecule has 10 heteroatoms. The van der Waals surface area contributed by atoms with Crippen LogP contribution in [0.1, 0.15) is 10.6 Å². The minimum Gasteiger partial charge on any atom is -0.487 e. The monoisotopic (exact) mass is 443 g/mol. The number of rotatable bonds is 3. The molecule has 1 aliphatic rings. The standard InChI is InChI=1S/C20H15Cl2N5O3/c1-27-18-15(7-12(21)8-24-18)30-10-14(20(27)29)25-19(28)17-23-9-13(22)16(26-17)11-5-3-2-4-6-11/h2-9,14H,10H2,1H3,(H,25,28). The van der Waals surface area contributed by atoms with Crippen LogP contribution in [0.5, 0.6) is 5.75 Å². The summed E-state index contributed by atoms with van der Waals surface area (Å²) in [6, 6.07) is 9.78. The third-order valence-corrected chi connectivity index (χ3v) is 4.93. The number of anilines is 1. The van der Waals surface area contributed by atoms with Gasteiger partial charge >= 0.3 is 0 Å². The van der Waals surface area contributed by atoms with E-state index in [0.717, 1.165) is 5.56 Å². The Hall–Kier alpha value is -3.23. The van der Waals surface area contributed by atoms with E-state index in [4.69, 9.17) is 27.9 Å². The van der Waals surface area contributed by atoms with E-state index in [1.54, 1.807) is 13.1 Å². The molecule has 1 unspecified atom stereocenters. The number of carbonyl (C=O) groups excluding carboxylic acids is 2. The van der Waals surface area contributed by atoms with Gasteiger partial charge in [0.05, 0.1) is 21.9 Å². The molecule has 0 saturated heterocycles. The minimum absolute atomic E-state index is 0.0942. The van der Waals surface area contributed by atoms with Crippen LogP contribution in [-0.4, -0.2) is 46.5 Å². The Balaban J connectivity index is 1.57. The normalized spacial score (nSPS) is 15.8. The topological polar surface area (TPSA) is 97.3 Å².